The minimum atomic E-state index is -0.157. The van der Waals surface area contributed by atoms with Crippen LogP contribution in [-0.2, 0) is 56.9 Å². The van der Waals surface area contributed by atoms with E-state index in [0.29, 0.717) is 132 Å². The van der Waals surface area contributed by atoms with Gasteiger partial charge in [-0.25, -0.2) is 0 Å². The predicted molar refractivity (Wildman–Crippen MR) is 177 cm³/mol. The van der Waals surface area contributed by atoms with Gasteiger partial charge in [0.05, 0.1) is 126 Å². The van der Waals surface area contributed by atoms with Crippen LogP contribution in [0.2, 0.25) is 0 Å². The smallest absolute Gasteiger partial charge is 0.305 e. The molecule has 0 aromatic carbocycles. The Labute approximate surface area is 279 Å². The highest BCUT2D eigenvalue weighted by molar-refractivity contribution is 5.69. The standard InChI is InChI=1S/C34H68O12/c1-3-5-7-8-9-11-13-36-14-15-37-16-17-38-18-19-39-20-21-40-22-23-41-24-25-42-26-27-43-28-29-44-30-31-45-32-33-46-34(35)12-10-6-4-2/h3-33H2,1-2H3. The van der Waals surface area contributed by atoms with E-state index in [9.17, 15) is 4.79 Å². The van der Waals surface area contributed by atoms with Crippen LogP contribution in [0.1, 0.15) is 78.1 Å². The highest BCUT2D eigenvalue weighted by Crippen LogP contribution is 2.05. The number of hydrogen-bond donors (Lipinski definition) is 0. The van der Waals surface area contributed by atoms with Crippen LogP contribution in [0.4, 0.5) is 0 Å². The summed E-state index contributed by atoms with van der Waals surface area (Å²) in [5.41, 5.74) is 0. The summed E-state index contributed by atoms with van der Waals surface area (Å²) in [5.74, 6) is -0.157. The van der Waals surface area contributed by atoms with Gasteiger partial charge in [-0.3, -0.25) is 4.79 Å². The summed E-state index contributed by atoms with van der Waals surface area (Å²) in [5, 5.41) is 0. The number of ether oxygens (including phenoxy) is 11. The van der Waals surface area contributed by atoms with Crippen LogP contribution in [0, 0.1) is 0 Å². The predicted octanol–water partition coefficient (Wildman–Crippen LogP) is 4.64. The molecule has 0 amide bonds. The lowest BCUT2D eigenvalue weighted by molar-refractivity contribution is -0.145. The molecule has 0 aliphatic rings. The Hall–Kier alpha value is -0.930. The molecule has 12 heteroatoms. The Morgan fingerprint density at radius 3 is 0.913 bits per heavy atom. The van der Waals surface area contributed by atoms with Gasteiger partial charge in [0.2, 0.25) is 0 Å². The molecule has 0 unspecified atom stereocenters. The highest BCUT2D eigenvalue weighted by atomic mass is 16.6. The Morgan fingerprint density at radius 1 is 0.304 bits per heavy atom. The molecular weight excluding hydrogens is 600 g/mol. The van der Waals surface area contributed by atoms with E-state index < -0.39 is 0 Å². The topological polar surface area (TPSA) is 119 Å². The number of esters is 1. The molecule has 0 saturated carbocycles. The van der Waals surface area contributed by atoms with Gasteiger partial charge in [0, 0.05) is 13.0 Å². The molecule has 276 valence electrons. The number of rotatable bonds is 41. The second-order valence-corrected chi connectivity index (χ2v) is 10.6. The molecule has 0 bridgehead atoms. The van der Waals surface area contributed by atoms with Crippen LogP contribution in [0.3, 0.4) is 0 Å². The van der Waals surface area contributed by atoms with E-state index in [0.717, 1.165) is 32.3 Å². The third-order valence-corrected chi connectivity index (χ3v) is 6.47. The van der Waals surface area contributed by atoms with E-state index in [1.807, 2.05) is 0 Å². The fraction of sp³-hybridized carbons (Fsp3) is 0.971. The summed E-state index contributed by atoms with van der Waals surface area (Å²) in [7, 11) is 0. The van der Waals surface area contributed by atoms with Gasteiger partial charge < -0.3 is 52.1 Å². The van der Waals surface area contributed by atoms with Crippen molar-refractivity contribution in [3.8, 4) is 0 Å². The second kappa shape index (κ2) is 42.1. The van der Waals surface area contributed by atoms with Crippen molar-refractivity contribution in [2.24, 2.45) is 0 Å². The van der Waals surface area contributed by atoms with Crippen LogP contribution >= 0.6 is 0 Å². The van der Waals surface area contributed by atoms with Crippen molar-refractivity contribution in [2.75, 3.05) is 139 Å². The van der Waals surface area contributed by atoms with Gasteiger partial charge in [-0.2, -0.15) is 0 Å². The lowest BCUT2D eigenvalue weighted by atomic mass is 10.1. The van der Waals surface area contributed by atoms with Crippen molar-refractivity contribution in [1.29, 1.82) is 0 Å². The fourth-order valence-electron chi connectivity index (χ4n) is 3.87. The molecule has 0 heterocycles. The maximum atomic E-state index is 11.5. The molecule has 0 aromatic heterocycles. The van der Waals surface area contributed by atoms with Crippen molar-refractivity contribution in [2.45, 2.75) is 78.1 Å². The number of carbonyl (C=O) groups is 1. The lowest BCUT2D eigenvalue weighted by Crippen LogP contribution is -2.15. The van der Waals surface area contributed by atoms with E-state index >= 15 is 0 Å². The minimum Gasteiger partial charge on any atom is -0.463 e. The van der Waals surface area contributed by atoms with E-state index in [1.165, 1.54) is 32.1 Å². The third-order valence-electron chi connectivity index (χ3n) is 6.47. The number of unbranched alkanes of at least 4 members (excludes halogenated alkanes) is 7. The van der Waals surface area contributed by atoms with E-state index in [4.69, 9.17) is 52.1 Å². The van der Waals surface area contributed by atoms with Gasteiger partial charge in [-0.1, -0.05) is 58.8 Å². The maximum Gasteiger partial charge on any atom is 0.305 e. The Morgan fingerprint density at radius 2 is 0.565 bits per heavy atom. The first-order valence-corrected chi connectivity index (χ1v) is 17.7. The number of carbonyl (C=O) groups excluding carboxylic acids is 1. The normalized spacial score (nSPS) is 11.4. The van der Waals surface area contributed by atoms with Gasteiger partial charge in [-0.15, -0.1) is 0 Å². The molecule has 0 atom stereocenters. The molecule has 0 aliphatic carbocycles. The van der Waals surface area contributed by atoms with Crippen LogP contribution in [0.5, 0.6) is 0 Å². The largest absolute Gasteiger partial charge is 0.463 e. The zero-order chi connectivity index (χ0) is 33.3. The van der Waals surface area contributed by atoms with Crippen LogP contribution in [0.15, 0.2) is 0 Å². The number of hydrogen-bond acceptors (Lipinski definition) is 12. The van der Waals surface area contributed by atoms with Crippen molar-refractivity contribution in [1.82, 2.24) is 0 Å². The zero-order valence-corrected chi connectivity index (χ0v) is 29.3. The molecule has 0 N–H and O–H groups in total. The molecule has 0 aromatic rings. The Balaban J connectivity index is 3.07. The molecular formula is C34H68O12. The zero-order valence-electron chi connectivity index (χ0n) is 29.3. The molecule has 0 aliphatic heterocycles. The van der Waals surface area contributed by atoms with E-state index in [1.54, 1.807) is 0 Å². The van der Waals surface area contributed by atoms with Crippen molar-refractivity contribution in [3.63, 3.8) is 0 Å². The molecule has 0 fully saturated rings. The lowest BCUT2D eigenvalue weighted by Gasteiger charge is -2.09. The van der Waals surface area contributed by atoms with Gasteiger partial charge in [0.1, 0.15) is 6.61 Å². The molecule has 0 rings (SSSR count). The molecule has 46 heavy (non-hydrogen) atoms. The average Bonchev–Trinajstić information content (AvgIpc) is 3.06. The van der Waals surface area contributed by atoms with Crippen LogP contribution < -0.4 is 0 Å². The Bertz CT molecular complexity index is 570. The first kappa shape index (κ1) is 45.1. The van der Waals surface area contributed by atoms with E-state index in [2.05, 4.69) is 13.8 Å². The van der Waals surface area contributed by atoms with Gasteiger partial charge >= 0.3 is 5.97 Å². The maximum absolute atomic E-state index is 11.5. The molecule has 0 radical (unpaired) electrons. The van der Waals surface area contributed by atoms with Crippen molar-refractivity contribution >= 4 is 5.97 Å². The summed E-state index contributed by atoms with van der Waals surface area (Å²) >= 11 is 0. The Kier molecular flexibility index (Phi) is 41.2. The van der Waals surface area contributed by atoms with E-state index in [-0.39, 0.29) is 12.6 Å². The third kappa shape index (κ3) is 41.1. The van der Waals surface area contributed by atoms with Crippen molar-refractivity contribution in [3.05, 3.63) is 0 Å². The quantitative estimate of drug-likeness (QED) is 0.0667. The summed E-state index contributed by atoms with van der Waals surface area (Å²) in [6.45, 7) is 15.3. The van der Waals surface area contributed by atoms with Gasteiger partial charge in [0.25, 0.3) is 0 Å². The summed E-state index contributed by atoms with van der Waals surface area (Å²) < 4.78 is 59.9. The minimum absolute atomic E-state index is 0.157. The first-order chi connectivity index (χ1) is 22.8. The molecule has 12 nitrogen and oxygen atoms in total. The summed E-state index contributed by atoms with van der Waals surface area (Å²) in [6.07, 6.45) is 11.2. The molecule has 0 saturated heterocycles. The van der Waals surface area contributed by atoms with Gasteiger partial charge in [0.15, 0.2) is 0 Å². The summed E-state index contributed by atoms with van der Waals surface area (Å²) in [6, 6.07) is 0. The molecule has 0 spiro atoms. The average molecular weight is 669 g/mol. The van der Waals surface area contributed by atoms with Crippen LogP contribution in [-0.4, -0.2) is 145 Å². The van der Waals surface area contributed by atoms with Crippen molar-refractivity contribution < 1.29 is 56.9 Å². The monoisotopic (exact) mass is 668 g/mol. The highest BCUT2D eigenvalue weighted by Gasteiger charge is 2.02. The summed E-state index contributed by atoms with van der Waals surface area (Å²) in [4.78, 5) is 11.5. The SMILES string of the molecule is CCCCCCCCOCCOCCOCCOCCOCCOCCOCCOCCOCCOCCOC(=O)CCCCC. The van der Waals surface area contributed by atoms with Crippen LogP contribution in [0.25, 0.3) is 0 Å². The van der Waals surface area contributed by atoms with Gasteiger partial charge in [-0.05, 0) is 12.8 Å². The first-order valence-electron chi connectivity index (χ1n) is 17.7. The second-order valence-electron chi connectivity index (χ2n) is 10.6. The fourth-order valence-corrected chi connectivity index (χ4v) is 3.87.